The molecule has 1 N–H and O–H groups in total. The Morgan fingerprint density at radius 3 is 2.28 bits per heavy atom. The lowest BCUT2D eigenvalue weighted by molar-refractivity contribution is -0.160. The van der Waals surface area contributed by atoms with Gasteiger partial charge >= 0.3 is 0 Å². The Balaban J connectivity index is 0.000000913. The minimum absolute atomic E-state index is 0.0417. The van der Waals surface area contributed by atoms with Crippen molar-refractivity contribution in [3.05, 3.63) is 54.2 Å². The molecule has 13 heteroatoms. The van der Waals surface area contributed by atoms with Crippen LogP contribution in [0.2, 0.25) is 0 Å². The van der Waals surface area contributed by atoms with Gasteiger partial charge in [0.15, 0.2) is 0 Å². The zero-order valence-electron chi connectivity index (χ0n) is 29.2. The number of anilines is 1. The van der Waals surface area contributed by atoms with Crippen molar-refractivity contribution >= 4 is 30.0 Å². The van der Waals surface area contributed by atoms with E-state index in [1.165, 1.54) is 0 Å². The van der Waals surface area contributed by atoms with Crippen molar-refractivity contribution in [2.24, 2.45) is 4.99 Å². The highest BCUT2D eigenvalue weighted by atomic mass is 16.5. The number of morpholine rings is 2. The summed E-state index contributed by atoms with van der Waals surface area (Å²) in [6, 6.07) is 3.70. The first-order valence-electron chi connectivity index (χ1n) is 16.1. The number of hydrogen-bond donors (Lipinski definition) is 1. The number of aliphatic imine (C=N–C) groups is 1. The van der Waals surface area contributed by atoms with Crippen LogP contribution in [0.15, 0.2) is 47.6 Å². The van der Waals surface area contributed by atoms with Gasteiger partial charge in [-0.15, -0.1) is 0 Å². The second-order valence-corrected chi connectivity index (χ2v) is 13.1. The summed E-state index contributed by atoms with van der Waals surface area (Å²) in [7, 11) is 6.81. The number of aromatic nitrogens is 3. The molecular weight excluding hydrogens is 600 g/mol. The Hall–Kier alpha value is -4.10. The molecule has 0 radical (unpaired) electrons. The standard InChI is InChI=1S/C29H40N8O4.C5H12O/c1-20(27(39)36-17-23-15-35(19-38)16-24(18-36)41-23)12-13-26(30-3)33-29-31-14-8-11-25(28(40)34(4)5)37(21(2)32-29)22-9-6-7-10-22;1-5(2,3)6-4/h8,11-14,19,22-24H,1,6-7,9-10,15-18H2,2-5H3,(H,30,31,33);1-4H3/b13-12-,14-8?,25-11?,32-21?;. The van der Waals surface area contributed by atoms with Crippen LogP contribution in [0.3, 0.4) is 0 Å². The number of nitrogens with zero attached hydrogens (tertiary/aromatic N) is 7. The number of aryl methyl sites for hydroxylation is 1. The van der Waals surface area contributed by atoms with Gasteiger partial charge in [0, 0.05) is 72.2 Å². The first-order valence-corrected chi connectivity index (χ1v) is 16.1. The summed E-state index contributed by atoms with van der Waals surface area (Å²) >= 11 is 0. The van der Waals surface area contributed by atoms with Gasteiger partial charge in [-0.05, 0) is 64.8 Å². The van der Waals surface area contributed by atoms with Crippen molar-refractivity contribution in [3.63, 3.8) is 0 Å². The Kier molecular flexibility index (Phi) is 13.6. The molecule has 3 fully saturated rings. The number of amidine groups is 1. The van der Waals surface area contributed by atoms with Crippen LogP contribution >= 0.6 is 0 Å². The van der Waals surface area contributed by atoms with Gasteiger partial charge in [0.2, 0.25) is 12.4 Å². The maximum Gasteiger partial charge on any atom is 0.270 e. The molecule has 0 aromatic carbocycles. The van der Waals surface area contributed by atoms with E-state index in [1.54, 1.807) is 73.4 Å². The van der Waals surface area contributed by atoms with Crippen LogP contribution in [0.1, 0.15) is 68.8 Å². The molecule has 0 spiro atoms. The maximum atomic E-state index is 13.1. The molecule has 2 atom stereocenters. The zero-order chi connectivity index (χ0) is 34.7. The summed E-state index contributed by atoms with van der Waals surface area (Å²) in [5.41, 5.74) is 0.903. The predicted molar refractivity (Wildman–Crippen MR) is 183 cm³/mol. The molecule has 1 saturated carbocycles. The maximum absolute atomic E-state index is 13.1. The highest BCUT2D eigenvalue weighted by Gasteiger charge is 2.36. The Morgan fingerprint density at radius 1 is 1.13 bits per heavy atom. The van der Waals surface area contributed by atoms with Gasteiger partial charge in [-0.2, -0.15) is 4.98 Å². The first-order chi connectivity index (χ1) is 22.3. The van der Waals surface area contributed by atoms with Crippen molar-refractivity contribution in [2.75, 3.05) is 59.7 Å². The minimum atomic E-state index is -0.203. The van der Waals surface area contributed by atoms with E-state index in [2.05, 4.69) is 21.9 Å². The number of amides is 3. The largest absolute Gasteiger partial charge is 0.379 e. The molecule has 1 aliphatic carbocycles. The van der Waals surface area contributed by atoms with Gasteiger partial charge in [0.05, 0.1) is 17.8 Å². The molecule has 258 valence electrons. The van der Waals surface area contributed by atoms with Crippen molar-refractivity contribution in [3.8, 4) is 0 Å². The molecule has 1 aromatic rings. The van der Waals surface area contributed by atoms with Crippen LogP contribution in [0, 0.1) is 6.92 Å². The van der Waals surface area contributed by atoms with E-state index < -0.39 is 0 Å². The molecule has 47 heavy (non-hydrogen) atoms. The first kappa shape index (κ1) is 37.4. The zero-order valence-corrected chi connectivity index (χ0v) is 29.2. The van der Waals surface area contributed by atoms with Crippen LogP contribution < -0.4 is 5.32 Å². The van der Waals surface area contributed by atoms with E-state index >= 15 is 0 Å². The van der Waals surface area contributed by atoms with Gasteiger partial charge in [-0.25, -0.2) is 4.98 Å². The fraction of sp³-hybridized carbons (Fsp3) is 0.588. The number of carbonyl (C=O) groups is 3. The second kappa shape index (κ2) is 17.2. The van der Waals surface area contributed by atoms with E-state index in [9.17, 15) is 14.4 Å². The summed E-state index contributed by atoms with van der Waals surface area (Å²) in [6.07, 6.45) is 9.46. The summed E-state index contributed by atoms with van der Waals surface area (Å²) < 4.78 is 12.9. The molecule has 3 amide bonds. The number of carbonyl (C=O) groups excluding carboxylic acids is 3. The van der Waals surface area contributed by atoms with Gasteiger partial charge in [-0.1, -0.05) is 19.4 Å². The number of rotatable bonds is 7. The Bertz CT molecular complexity index is 1370. The molecule has 1 aromatic heterocycles. The van der Waals surface area contributed by atoms with Crippen LogP contribution in [-0.4, -0.2) is 126 Å². The van der Waals surface area contributed by atoms with Crippen molar-refractivity contribution < 1.29 is 23.9 Å². The average molecular weight is 653 g/mol. The molecule has 3 aliphatic rings. The number of ether oxygens (including phenoxy) is 2. The summed E-state index contributed by atoms with van der Waals surface area (Å²) in [5.74, 6) is 1.10. The second-order valence-electron chi connectivity index (χ2n) is 13.1. The lowest BCUT2D eigenvalue weighted by Crippen LogP contribution is -2.60. The monoisotopic (exact) mass is 652 g/mol. The number of hydrogen-bond acceptors (Lipinski definition) is 8. The van der Waals surface area contributed by atoms with Gasteiger partial charge in [-0.3, -0.25) is 19.4 Å². The van der Waals surface area contributed by atoms with Gasteiger partial charge < -0.3 is 34.1 Å². The smallest absolute Gasteiger partial charge is 0.270 e. The van der Waals surface area contributed by atoms with Crippen molar-refractivity contribution in [1.82, 2.24) is 29.2 Å². The molecule has 2 aliphatic heterocycles. The number of nitrogens with one attached hydrogen (secondary N) is 1. The third-order valence-electron chi connectivity index (χ3n) is 8.08. The molecule has 2 bridgehead atoms. The van der Waals surface area contributed by atoms with Crippen LogP contribution in [0.25, 0.3) is 0 Å². The normalized spacial score (nSPS) is 19.9. The lowest BCUT2D eigenvalue weighted by Gasteiger charge is -2.44. The topological polar surface area (TPSA) is 134 Å². The van der Waals surface area contributed by atoms with Crippen molar-refractivity contribution in [1.29, 1.82) is 0 Å². The van der Waals surface area contributed by atoms with E-state index in [0.717, 1.165) is 32.1 Å². The van der Waals surface area contributed by atoms with E-state index in [1.807, 2.05) is 32.3 Å². The average Bonchev–Trinajstić information content (AvgIpc) is 3.58. The highest BCUT2D eigenvalue weighted by Crippen LogP contribution is 2.31. The fourth-order valence-corrected chi connectivity index (χ4v) is 5.54. The quantitative estimate of drug-likeness (QED) is 0.155. The minimum Gasteiger partial charge on any atom is -0.379 e. The Morgan fingerprint density at radius 2 is 1.74 bits per heavy atom. The highest BCUT2D eigenvalue weighted by molar-refractivity contribution is 6.05. The molecule has 2 unspecified atom stereocenters. The van der Waals surface area contributed by atoms with Crippen molar-refractivity contribution in [2.45, 2.75) is 77.2 Å². The number of fused-ring (bicyclic) bond motifs is 2. The molecule has 13 nitrogen and oxygen atoms in total. The Labute approximate surface area is 279 Å². The van der Waals surface area contributed by atoms with E-state index in [4.69, 9.17) is 14.5 Å². The van der Waals surface area contributed by atoms with Gasteiger partial charge in [0.25, 0.3) is 11.8 Å². The van der Waals surface area contributed by atoms with Crippen LogP contribution in [-0.2, 0) is 19.1 Å². The summed E-state index contributed by atoms with van der Waals surface area (Å²) in [4.78, 5) is 55.8. The summed E-state index contributed by atoms with van der Waals surface area (Å²) in [5, 5.41) is 3.13. The summed E-state index contributed by atoms with van der Waals surface area (Å²) in [6.45, 7) is 13.7. The van der Waals surface area contributed by atoms with Crippen LogP contribution in [0.5, 0.6) is 0 Å². The number of methoxy groups -OCH3 is 1. The SMILES string of the molecule is C=C(/C=C\C(=NC)Nc1ncccc(C(=O)N(C)C)n(C2CCCC2)c(C)n1)C(=O)N1CC2CN(C=O)CC(C1)O2.COC(C)(C)C. The molecular formula is C34H52N8O5. The fourth-order valence-electron chi connectivity index (χ4n) is 5.54. The third-order valence-corrected chi connectivity index (χ3v) is 8.08. The lowest BCUT2D eigenvalue weighted by atomic mass is 10.1. The third kappa shape index (κ3) is 11.0. The van der Waals surface area contributed by atoms with E-state index in [0.29, 0.717) is 55.1 Å². The molecule has 2 saturated heterocycles. The molecule has 4 rings (SSSR count). The predicted octanol–water partition coefficient (Wildman–Crippen LogP) is 3.58. The van der Waals surface area contributed by atoms with E-state index in [-0.39, 0.29) is 35.7 Å². The molecule has 3 heterocycles. The van der Waals surface area contributed by atoms with Gasteiger partial charge in [0.1, 0.15) is 17.4 Å². The van der Waals surface area contributed by atoms with Crippen LogP contribution in [0.4, 0.5) is 5.95 Å².